The van der Waals surface area contributed by atoms with Gasteiger partial charge in [-0.1, -0.05) is 24.3 Å². The maximum atomic E-state index is 13.7. The van der Waals surface area contributed by atoms with E-state index in [9.17, 15) is 14.0 Å². The first-order valence-electron chi connectivity index (χ1n) is 7.73. The quantitative estimate of drug-likeness (QED) is 0.554. The second-order valence-electron chi connectivity index (χ2n) is 5.57. The summed E-state index contributed by atoms with van der Waals surface area (Å²) >= 11 is 0. The van der Waals surface area contributed by atoms with Crippen molar-refractivity contribution in [3.63, 3.8) is 0 Å². The third-order valence-corrected chi connectivity index (χ3v) is 4.05. The van der Waals surface area contributed by atoms with Crippen molar-refractivity contribution in [1.29, 1.82) is 0 Å². The Morgan fingerprint density at radius 2 is 1.88 bits per heavy atom. The van der Waals surface area contributed by atoms with E-state index >= 15 is 0 Å². The van der Waals surface area contributed by atoms with Gasteiger partial charge in [-0.25, -0.2) is 9.18 Å². The molecule has 0 atom stereocenters. The number of halogens is 1. The van der Waals surface area contributed by atoms with E-state index in [1.54, 1.807) is 24.3 Å². The van der Waals surface area contributed by atoms with Gasteiger partial charge in [-0.3, -0.25) is 4.79 Å². The number of hydrogen-bond donors (Lipinski definition) is 2. The number of nitrogens with zero attached hydrogens (tertiary/aromatic N) is 2. The summed E-state index contributed by atoms with van der Waals surface area (Å²) < 4.78 is 19.6. The van der Waals surface area contributed by atoms with Crippen molar-refractivity contribution >= 4 is 28.2 Å². The van der Waals surface area contributed by atoms with Gasteiger partial charge in [0, 0.05) is 5.56 Å². The van der Waals surface area contributed by atoms with Gasteiger partial charge in [0.25, 0.3) is 0 Å². The molecular formula is C18H13FN4O3. The van der Waals surface area contributed by atoms with Crippen LogP contribution in [0.5, 0.6) is 5.75 Å². The highest BCUT2D eigenvalue weighted by Crippen LogP contribution is 2.29. The first-order valence-corrected chi connectivity index (χ1v) is 7.73. The Morgan fingerprint density at radius 1 is 1.08 bits per heavy atom. The summed E-state index contributed by atoms with van der Waals surface area (Å²) in [5.74, 6) is 0.0218. The molecule has 4 rings (SSSR count). The number of H-pyrrole nitrogens is 2. The van der Waals surface area contributed by atoms with Crippen LogP contribution in [0.15, 0.2) is 57.2 Å². The lowest BCUT2D eigenvalue weighted by Gasteiger charge is -2.01. The summed E-state index contributed by atoms with van der Waals surface area (Å²) in [4.78, 5) is 30.6. The van der Waals surface area contributed by atoms with Gasteiger partial charge in [0.1, 0.15) is 17.1 Å². The summed E-state index contributed by atoms with van der Waals surface area (Å²) in [6.07, 6.45) is 1.13. The van der Waals surface area contributed by atoms with Crippen molar-refractivity contribution in [2.24, 2.45) is 5.10 Å². The fraction of sp³-hybridized carbons (Fsp3) is 0.0556. The van der Waals surface area contributed by atoms with Gasteiger partial charge in [0.2, 0.25) is 0 Å². The fourth-order valence-corrected chi connectivity index (χ4v) is 2.83. The number of rotatable bonds is 3. The van der Waals surface area contributed by atoms with Crippen LogP contribution in [0, 0.1) is 5.82 Å². The SMILES string of the molecule is COc1cccc2[nH]c3c(=O)n(/N=C\c4ccccc4F)c(=O)[nH]c3c12. The highest BCUT2D eigenvalue weighted by Gasteiger charge is 2.15. The van der Waals surface area contributed by atoms with Crippen LogP contribution in [0.1, 0.15) is 5.56 Å². The van der Waals surface area contributed by atoms with Gasteiger partial charge >= 0.3 is 11.2 Å². The van der Waals surface area contributed by atoms with Crippen LogP contribution < -0.4 is 16.0 Å². The van der Waals surface area contributed by atoms with E-state index in [2.05, 4.69) is 15.1 Å². The van der Waals surface area contributed by atoms with Crippen LogP contribution >= 0.6 is 0 Å². The monoisotopic (exact) mass is 352 g/mol. The zero-order valence-electron chi connectivity index (χ0n) is 13.6. The van der Waals surface area contributed by atoms with Gasteiger partial charge in [-0.05, 0) is 18.2 Å². The molecule has 2 aromatic heterocycles. The molecule has 0 spiro atoms. The minimum Gasteiger partial charge on any atom is -0.496 e. The van der Waals surface area contributed by atoms with E-state index in [1.807, 2.05) is 0 Å². The highest BCUT2D eigenvalue weighted by atomic mass is 19.1. The van der Waals surface area contributed by atoms with E-state index in [1.165, 1.54) is 25.3 Å². The van der Waals surface area contributed by atoms with E-state index in [4.69, 9.17) is 4.74 Å². The molecule has 0 saturated heterocycles. The number of methoxy groups -OCH3 is 1. The Balaban J connectivity index is 1.96. The summed E-state index contributed by atoms with van der Waals surface area (Å²) in [6.45, 7) is 0. The summed E-state index contributed by atoms with van der Waals surface area (Å²) in [5.41, 5.74) is -0.0591. The second-order valence-corrected chi connectivity index (χ2v) is 5.57. The largest absolute Gasteiger partial charge is 0.496 e. The topological polar surface area (TPSA) is 92.2 Å². The minimum atomic E-state index is -0.734. The molecule has 0 saturated carbocycles. The van der Waals surface area contributed by atoms with E-state index in [0.29, 0.717) is 26.8 Å². The number of fused-ring (bicyclic) bond motifs is 3. The molecule has 0 aliphatic carbocycles. The van der Waals surface area contributed by atoms with E-state index in [0.717, 1.165) is 6.21 Å². The number of ether oxygens (including phenoxy) is 1. The maximum absolute atomic E-state index is 13.7. The van der Waals surface area contributed by atoms with Gasteiger partial charge in [0.05, 0.1) is 29.7 Å². The molecular weight excluding hydrogens is 339 g/mol. The number of hydrogen-bond acceptors (Lipinski definition) is 4. The normalized spacial score (nSPS) is 11.6. The molecule has 8 heteroatoms. The zero-order valence-corrected chi connectivity index (χ0v) is 13.6. The van der Waals surface area contributed by atoms with Gasteiger partial charge in [-0.15, -0.1) is 4.68 Å². The highest BCUT2D eigenvalue weighted by molar-refractivity contribution is 6.07. The minimum absolute atomic E-state index is 0.164. The van der Waals surface area contributed by atoms with Gasteiger partial charge in [0.15, 0.2) is 0 Å². The van der Waals surface area contributed by atoms with Crippen LogP contribution in [0.3, 0.4) is 0 Å². The predicted molar refractivity (Wildman–Crippen MR) is 96.6 cm³/mol. The van der Waals surface area contributed by atoms with Crippen LogP contribution in [-0.2, 0) is 0 Å². The molecule has 2 N–H and O–H groups in total. The first-order chi connectivity index (χ1) is 12.6. The number of aromatic amines is 2. The summed E-state index contributed by atoms with van der Waals surface area (Å²) in [6, 6.07) is 11.2. The Hall–Kier alpha value is -3.68. The van der Waals surface area contributed by atoms with Crippen molar-refractivity contribution in [2.45, 2.75) is 0 Å². The second kappa shape index (κ2) is 5.99. The molecule has 130 valence electrons. The van der Waals surface area contributed by atoms with Crippen LogP contribution in [0.2, 0.25) is 0 Å². The summed E-state index contributed by atoms with van der Waals surface area (Å²) in [5, 5.41) is 4.44. The lowest BCUT2D eigenvalue weighted by molar-refractivity contribution is 0.420. The smallest absolute Gasteiger partial charge is 0.350 e. The number of nitrogens with one attached hydrogen (secondary N) is 2. The van der Waals surface area contributed by atoms with Crippen LogP contribution in [0.25, 0.3) is 21.9 Å². The molecule has 0 amide bonds. The number of aromatic nitrogens is 3. The molecule has 0 radical (unpaired) electrons. The van der Waals surface area contributed by atoms with Crippen LogP contribution in [0.4, 0.5) is 4.39 Å². The average Bonchev–Trinajstić information content (AvgIpc) is 3.02. The standard InChI is InChI=1S/C18H13FN4O3/c1-26-13-8-4-7-12-14(13)15-16(21-12)17(24)23(18(25)22-15)20-9-10-5-2-3-6-11(10)19/h2-9,21H,1H3,(H,22,25)/b20-9-. The Bertz CT molecular complexity index is 1280. The third kappa shape index (κ3) is 2.39. The van der Waals surface area contributed by atoms with Crippen molar-refractivity contribution in [3.8, 4) is 5.75 Å². The molecule has 7 nitrogen and oxygen atoms in total. The summed E-state index contributed by atoms with van der Waals surface area (Å²) in [7, 11) is 1.51. The molecule has 26 heavy (non-hydrogen) atoms. The molecule has 2 aromatic carbocycles. The molecule has 0 aliphatic heterocycles. The lowest BCUT2D eigenvalue weighted by Crippen LogP contribution is -2.32. The lowest BCUT2D eigenvalue weighted by atomic mass is 10.2. The Morgan fingerprint density at radius 3 is 2.65 bits per heavy atom. The molecule has 4 aromatic rings. The molecule has 0 unspecified atom stereocenters. The molecule has 0 bridgehead atoms. The van der Waals surface area contributed by atoms with Crippen molar-refractivity contribution in [1.82, 2.24) is 14.6 Å². The van der Waals surface area contributed by atoms with Crippen LogP contribution in [-0.4, -0.2) is 28.0 Å². The average molecular weight is 352 g/mol. The molecule has 2 heterocycles. The third-order valence-electron chi connectivity index (χ3n) is 4.05. The van der Waals surface area contributed by atoms with Crippen molar-refractivity contribution in [3.05, 3.63) is 74.7 Å². The Labute approximate surface area is 145 Å². The first kappa shape index (κ1) is 15.8. The maximum Gasteiger partial charge on any atom is 0.350 e. The fourth-order valence-electron chi connectivity index (χ4n) is 2.83. The predicted octanol–water partition coefficient (Wildman–Crippen LogP) is 2.20. The van der Waals surface area contributed by atoms with Crippen molar-refractivity contribution in [2.75, 3.05) is 7.11 Å². The Kier molecular flexibility index (Phi) is 3.65. The zero-order chi connectivity index (χ0) is 18.3. The van der Waals surface area contributed by atoms with Crippen molar-refractivity contribution < 1.29 is 9.13 Å². The number of benzene rings is 2. The van der Waals surface area contributed by atoms with Gasteiger partial charge < -0.3 is 14.7 Å². The van der Waals surface area contributed by atoms with Gasteiger partial charge in [-0.2, -0.15) is 5.10 Å². The molecule has 0 aliphatic rings. The van der Waals surface area contributed by atoms with E-state index in [-0.39, 0.29) is 11.1 Å². The van der Waals surface area contributed by atoms with E-state index < -0.39 is 17.1 Å². The molecule has 0 fully saturated rings.